The van der Waals surface area contributed by atoms with Gasteiger partial charge in [0, 0.05) is 31.4 Å². The molecular formula is C17H24N4O2. The van der Waals surface area contributed by atoms with E-state index in [1.54, 1.807) is 24.3 Å². The number of nitrogens with one attached hydrogen (secondary N) is 2. The molecule has 2 rings (SSSR count). The molecule has 0 unspecified atom stereocenters. The SMILES string of the molecule is CC(C)N1CCC(O)(CNC(=O)Nc2cccc(C#N)c2)CC1. The Balaban J connectivity index is 1.81. The van der Waals surface area contributed by atoms with Crippen molar-refractivity contribution >= 4 is 11.7 Å². The summed E-state index contributed by atoms with van der Waals surface area (Å²) in [6, 6.07) is 8.84. The lowest BCUT2D eigenvalue weighted by molar-refractivity contribution is -0.0242. The molecule has 23 heavy (non-hydrogen) atoms. The molecule has 1 aromatic carbocycles. The molecule has 1 heterocycles. The molecule has 2 amide bonds. The van der Waals surface area contributed by atoms with E-state index in [-0.39, 0.29) is 12.6 Å². The van der Waals surface area contributed by atoms with Crippen molar-refractivity contribution in [1.29, 1.82) is 5.26 Å². The predicted molar refractivity (Wildman–Crippen MR) is 89.1 cm³/mol. The van der Waals surface area contributed by atoms with Crippen molar-refractivity contribution in [1.82, 2.24) is 10.2 Å². The Labute approximate surface area is 137 Å². The van der Waals surface area contributed by atoms with E-state index < -0.39 is 5.60 Å². The molecule has 1 fully saturated rings. The lowest BCUT2D eigenvalue weighted by atomic mass is 9.91. The van der Waals surface area contributed by atoms with Crippen molar-refractivity contribution in [2.75, 3.05) is 25.0 Å². The fourth-order valence-electron chi connectivity index (χ4n) is 2.72. The van der Waals surface area contributed by atoms with Gasteiger partial charge in [-0.1, -0.05) is 6.07 Å². The van der Waals surface area contributed by atoms with Crippen LogP contribution >= 0.6 is 0 Å². The van der Waals surface area contributed by atoms with Crippen LogP contribution in [-0.2, 0) is 0 Å². The van der Waals surface area contributed by atoms with Crippen LogP contribution < -0.4 is 10.6 Å². The third-order valence-electron chi connectivity index (χ3n) is 4.29. The van der Waals surface area contributed by atoms with Crippen molar-refractivity contribution in [3.63, 3.8) is 0 Å². The molecule has 0 atom stereocenters. The van der Waals surface area contributed by atoms with Gasteiger partial charge in [-0.05, 0) is 44.9 Å². The van der Waals surface area contributed by atoms with Crippen LogP contribution in [0.5, 0.6) is 0 Å². The van der Waals surface area contributed by atoms with Gasteiger partial charge in [0.05, 0.1) is 17.2 Å². The van der Waals surface area contributed by atoms with Gasteiger partial charge in [0.15, 0.2) is 0 Å². The quantitative estimate of drug-likeness (QED) is 0.792. The normalized spacial score (nSPS) is 17.5. The number of anilines is 1. The van der Waals surface area contributed by atoms with E-state index in [0.717, 1.165) is 13.1 Å². The molecule has 0 bridgehead atoms. The third-order valence-corrected chi connectivity index (χ3v) is 4.29. The number of rotatable bonds is 4. The zero-order valence-electron chi connectivity index (χ0n) is 13.7. The van der Waals surface area contributed by atoms with Crippen LogP contribution in [0.25, 0.3) is 0 Å². The third kappa shape index (κ3) is 4.95. The Morgan fingerprint density at radius 3 is 2.74 bits per heavy atom. The van der Waals surface area contributed by atoms with Gasteiger partial charge in [-0.2, -0.15) is 5.26 Å². The molecular weight excluding hydrogens is 292 g/mol. The minimum absolute atomic E-state index is 0.225. The van der Waals surface area contributed by atoms with Crippen LogP contribution in [0.3, 0.4) is 0 Å². The Bertz CT molecular complexity index is 587. The van der Waals surface area contributed by atoms with Gasteiger partial charge in [0.25, 0.3) is 0 Å². The molecule has 0 aromatic heterocycles. The summed E-state index contributed by atoms with van der Waals surface area (Å²) in [5.74, 6) is 0. The fraction of sp³-hybridized carbons (Fsp3) is 0.529. The second kappa shape index (κ2) is 7.44. The van der Waals surface area contributed by atoms with Crippen molar-refractivity contribution in [2.45, 2.75) is 38.3 Å². The van der Waals surface area contributed by atoms with E-state index in [4.69, 9.17) is 5.26 Å². The first-order valence-corrected chi connectivity index (χ1v) is 7.93. The Kier molecular flexibility index (Phi) is 5.59. The maximum Gasteiger partial charge on any atom is 0.319 e. The lowest BCUT2D eigenvalue weighted by Crippen LogP contribution is -2.52. The fourth-order valence-corrected chi connectivity index (χ4v) is 2.72. The van der Waals surface area contributed by atoms with Gasteiger partial charge in [-0.15, -0.1) is 0 Å². The number of likely N-dealkylation sites (tertiary alicyclic amines) is 1. The van der Waals surface area contributed by atoms with Crippen LogP contribution in [0.15, 0.2) is 24.3 Å². The lowest BCUT2D eigenvalue weighted by Gasteiger charge is -2.40. The minimum atomic E-state index is -0.850. The molecule has 0 aliphatic carbocycles. The summed E-state index contributed by atoms with van der Waals surface area (Å²) in [7, 11) is 0. The smallest absolute Gasteiger partial charge is 0.319 e. The van der Waals surface area contributed by atoms with Crippen LogP contribution in [0.2, 0.25) is 0 Å². The number of urea groups is 1. The highest BCUT2D eigenvalue weighted by Crippen LogP contribution is 2.22. The van der Waals surface area contributed by atoms with E-state index in [0.29, 0.717) is 30.1 Å². The number of piperidine rings is 1. The summed E-state index contributed by atoms with van der Waals surface area (Å²) in [5, 5.41) is 24.8. The van der Waals surface area contributed by atoms with Crippen molar-refractivity contribution in [3.8, 4) is 6.07 Å². The first-order valence-electron chi connectivity index (χ1n) is 7.93. The molecule has 0 spiro atoms. The number of amides is 2. The number of nitrogens with zero attached hydrogens (tertiary/aromatic N) is 2. The van der Waals surface area contributed by atoms with E-state index in [1.807, 2.05) is 6.07 Å². The van der Waals surface area contributed by atoms with E-state index >= 15 is 0 Å². The molecule has 0 radical (unpaired) electrons. The zero-order valence-corrected chi connectivity index (χ0v) is 13.7. The summed E-state index contributed by atoms with van der Waals surface area (Å²) in [6.45, 7) is 6.18. The highest BCUT2D eigenvalue weighted by atomic mass is 16.3. The van der Waals surface area contributed by atoms with E-state index in [1.165, 1.54) is 0 Å². The van der Waals surface area contributed by atoms with E-state index in [2.05, 4.69) is 29.4 Å². The molecule has 6 nitrogen and oxygen atoms in total. The number of hydrogen-bond donors (Lipinski definition) is 3. The molecule has 1 saturated heterocycles. The van der Waals surface area contributed by atoms with Gasteiger partial charge in [-0.25, -0.2) is 4.79 Å². The maximum absolute atomic E-state index is 11.9. The number of nitriles is 1. The van der Waals surface area contributed by atoms with Gasteiger partial charge in [0.2, 0.25) is 0 Å². The van der Waals surface area contributed by atoms with Gasteiger partial charge in [-0.3, -0.25) is 0 Å². The summed E-state index contributed by atoms with van der Waals surface area (Å²) in [6.07, 6.45) is 1.30. The number of aliphatic hydroxyl groups is 1. The number of carbonyl (C=O) groups excluding carboxylic acids is 1. The molecule has 3 N–H and O–H groups in total. The highest BCUT2D eigenvalue weighted by Gasteiger charge is 2.33. The van der Waals surface area contributed by atoms with Crippen LogP contribution in [-0.4, -0.2) is 47.3 Å². The van der Waals surface area contributed by atoms with Crippen molar-refractivity contribution in [3.05, 3.63) is 29.8 Å². The summed E-state index contributed by atoms with van der Waals surface area (Å²) >= 11 is 0. The second-order valence-corrected chi connectivity index (χ2v) is 6.35. The van der Waals surface area contributed by atoms with Gasteiger partial charge < -0.3 is 20.6 Å². The standard InChI is InChI=1S/C17H24N4O2/c1-13(2)21-8-6-17(23,7-9-21)12-19-16(22)20-15-5-3-4-14(10-15)11-18/h3-5,10,13,23H,6-9,12H2,1-2H3,(H2,19,20,22). The molecule has 1 aliphatic heterocycles. The van der Waals surface area contributed by atoms with Crippen LogP contribution in [0, 0.1) is 11.3 Å². The van der Waals surface area contributed by atoms with Gasteiger partial charge >= 0.3 is 6.03 Å². The monoisotopic (exact) mass is 316 g/mol. The number of hydrogen-bond acceptors (Lipinski definition) is 4. The predicted octanol–water partition coefficient (Wildman–Crippen LogP) is 1.92. The topological polar surface area (TPSA) is 88.4 Å². The molecule has 1 aliphatic rings. The number of benzene rings is 1. The van der Waals surface area contributed by atoms with Crippen molar-refractivity contribution in [2.24, 2.45) is 0 Å². The molecule has 0 saturated carbocycles. The number of carbonyl (C=O) groups is 1. The van der Waals surface area contributed by atoms with E-state index in [9.17, 15) is 9.90 Å². The second-order valence-electron chi connectivity index (χ2n) is 6.35. The first kappa shape index (κ1) is 17.3. The highest BCUT2D eigenvalue weighted by molar-refractivity contribution is 5.89. The zero-order chi connectivity index (χ0) is 16.9. The summed E-state index contributed by atoms with van der Waals surface area (Å²) < 4.78 is 0. The largest absolute Gasteiger partial charge is 0.388 e. The molecule has 124 valence electrons. The van der Waals surface area contributed by atoms with Crippen LogP contribution in [0.1, 0.15) is 32.3 Å². The Morgan fingerprint density at radius 2 is 2.13 bits per heavy atom. The minimum Gasteiger partial charge on any atom is -0.388 e. The Morgan fingerprint density at radius 1 is 1.43 bits per heavy atom. The van der Waals surface area contributed by atoms with Crippen LogP contribution in [0.4, 0.5) is 10.5 Å². The first-order chi connectivity index (χ1) is 10.9. The maximum atomic E-state index is 11.9. The average molecular weight is 316 g/mol. The molecule has 1 aromatic rings. The van der Waals surface area contributed by atoms with Gasteiger partial charge in [0.1, 0.15) is 0 Å². The summed E-state index contributed by atoms with van der Waals surface area (Å²) in [5.41, 5.74) is 0.197. The van der Waals surface area contributed by atoms with Crippen molar-refractivity contribution < 1.29 is 9.90 Å². The summed E-state index contributed by atoms with van der Waals surface area (Å²) in [4.78, 5) is 14.3. The average Bonchev–Trinajstić information content (AvgIpc) is 2.54. The Hall–Kier alpha value is -2.10. The molecule has 6 heteroatoms.